The molecule has 1 aliphatic carbocycles. The minimum Gasteiger partial charge on any atom is -0.507 e. The minimum atomic E-state index is -0.850. The number of hydrogen-bond donors (Lipinski definition) is 1. The number of ether oxygens (including phenoxy) is 1. The maximum atomic E-state index is 13.4. The van der Waals surface area contributed by atoms with Gasteiger partial charge in [-0.25, -0.2) is 0 Å². The zero-order chi connectivity index (χ0) is 26.8. The minimum absolute atomic E-state index is 0.0309. The Labute approximate surface area is 221 Å². The van der Waals surface area contributed by atoms with Crippen LogP contribution in [0.4, 0.5) is 5.69 Å². The van der Waals surface area contributed by atoms with Gasteiger partial charge in [0.1, 0.15) is 5.76 Å². The van der Waals surface area contributed by atoms with E-state index in [9.17, 15) is 19.5 Å². The Kier molecular flexibility index (Phi) is 7.09. The number of fused-ring (bicyclic) bond motifs is 1. The van der Waals surface area contributed by atoms with Gasteiger partial charge in [0.05, 0.1) is 24.1 Å². The predicted molar refractivity (Wildman–Crippen MR) is 143 cm³/mol. The number of pyridine rings is 1. The lowest BCUT2D eigenvalue weighted by molar-refractivity contribution is -0.146. The molecule has 1 aliphatic heterocycles. The van der Waals surface area contributed by atoms with Crippen LogP contribution in [-0.2, 0) is 38.4 Å². The highest BCUT2D eigenvalue weighted by Gasteiger charge is 2.47. The summed E-state index contributed by atoms with van der Waals surface area (Å²) in [5, 5.41) is 11.4. The molecule has 38 heavy (non-hydrogen) atoms. The van der Waals surface area contributed by atoms with Crippen molar-refractivity contribution in [3.63, 3.8) is 0 Å². The van der Waals surface area contributed by atoms with Gasteiger partial charge >= 0.3 is 5.97 Å². The van der Waals surface area contributed by atoms with Crippen molar-refractivity contribution in [1.82, 2.24) is 4.98 Å². The molecule has 1 unspecified atom stereocenters. The van der Waals surface area contributed by atoms with E-state index >= 15 is 0 Å². The molecule has 5 rings (SSSR count). The molecule has 7 heteroatoms. The highest BCUT2D eigenvalue weighted by atomic mass is 16.5. The molecular weight excluding hydrogens is 480 g/mol. The van der Waals surface area contributed by atoms with Gasteiger partial charge in [0.2, 0.25) is 0 Å². The van der Waals surface area contributed by atoms with Crippen molar-refractivity contribution in [3.8, 4) is 0 Å². The van der Waals surface area contributed by atoms with Gasteiger partial charge in [-0.2, -0.15) is 0 Å². The summed E-state index contributed by atoms with van der Waals surface area (Å²) in [5.41, 5.74) is 4.79. The van der Waals surface area contributed by atoms with Crippen molar-refractivity contribution in [2.24, 2.45) is 0 Å². The summed E-state index contributed by atoms with van der Waals surface area (Å²) in [6.45, 7) is 3.58. The van der Waals surface area contributed by atoms with E-state index in [-0.39, 0.29) is 29.8 Å². The van der Waals surface area contributed by atoms with Crippen LogP contribution in [0.2, 0.25) is 0 Å². The zero-order valence-electron chi connectivity index (χ0n) is 21.5. The van der Waals surface area contributed by atoms with Crippen LogP contribution in [0, 0.1) is 0 Å². The normalized spacial score (nSPS) is 18.5. The highest BCUT2D eigenvalue weighted by molar-refractivity contribution is 6.51. The van der Waals surface area contributed by atoms with Gasteiger partial charge < -0.3 is 9.84 Å². The first-order chi connectivity index (χ1) is 18.3. The molecule has 2 heterocycles. The maximum Gasteiger partial charge on any atom is 0.310 e. The quantitative estimate of drug-likeness (QED) is 0.215. The first-order valence-electron chi connectivity index (χ1n) is 12.9. The lowest BCUT2D eigenvalue weighted by atomic mass is 9.89. The van der Waals surface area contributed by atoms with Crippen molar-refractivity contribution >= 4 is 29.1 Å². The summed E-state index contributed by atoms with van der Waals surface area (Å²) >= 11 is 0. The molecule has 3 aromatic rings. The lowest BCUT2D eigenvalue weighted by Gasteiger charge is -2.25. The summed E-state index contributed by atoms with van der Waals surface area (Å²) < 4.78 is 5.22. The Morgan fingerprint density at radius 2 is 1.79 bits per heavy atom. The van der Waals surface area contributed by atoms with E-state index in [4.69, 9.17) is 4.74 Å². The summed E-state index contributed by atoms with van der Waals surface area (Å²) in [7, 11) is 0. The average Bonchev–Trinajstić information content (AvgIpc) is 3.18. The van der Waals surface area contributed by atoms with Crippen LogP contribution in [0.5, 0.6) is 0 Å². The molecule has 0 bridgehead atoms. The number of nitrogens with zero attached hydrogens (tertiary/aromatic N) is 2. The number of hydrogen-bond acceptors (Lipinski definition) is 6. The number of anilines is 1. The number of rotatable bonds is 6. The Bertz CT molecular complexity index is 1410. The first kappa shape index (κ1) is 25.4. The molecule has 0 radical (unpaired) electrons. The Hall–Kier alpha value is -4.26. The molecule has 1 fully saturated rings. The number of carbonyl (C=O) groups is 3. The zero-order valence-corrected chi connectivity index (χ0v) is 21.5. The van der Waals surface area contributed by atoms with Gasteiger partial charge in [0, 0.05) is 23.6 Å². The van der Waals surface area contributed by atoms with E-state index in [0.717, 1.165) is 31.2 Å². The van der Waals surface area contributed by atoms with Crippen molar-refractivity contribution in [1.29, 1.82) is 0 Å². The number of ketones is 1. The van der Waals surface area contributed by atoms with Gasteiger partial charge in [-0.1, -0.05) is 30.3 Å². The highest BCUT2D eigenvalue weighted by Crippen LogP contribution is 2.42. The molecule has 2 aromatic carbocycles. The fraction of sp³-hybridized carbons (Fsp3) is 0.290. The second-order valence-electron chi connectivity index (χ2n) is 10.0. The second kappa shape index (κ2) is 10.6. The third kappa shape index (κ3) is 4.96. The van der Waals surface area contributed by atoms with E-state index in [0.29, 0.717) is 16.8 Å². The summed E-state index contributed by atoms with van der Waals surface area (Å²) in [6, 6.07) is 15.3. The number of Topliss-reactive ketones (excluding diaryl/α,β-unsaturated/α-hetero) is 1. The molecule has 2 aliphatic rings. The second-order valence-corrected chi connectivity index (χ2v) is 10.0. The number of amides is 1. The van der Waals surface area contributed by atoms with Crippen LogP contribution in [0.1, 0.15) is 60.5 Å². The topological polar surface area (TPSA) is 96.8 Å². The summed E-state index contributed by atoms with van der Waals surface area (Å²) in [6.07, 6.45) is 7.26. The largest absolute Gasteiger partial charge is 0.507 e. The number of aliphatic hydroxyl groups excluding tert-OH is 1. The molecule has 0 saturated carbocycles. The fourth-order valence-electron chi connectivity index (χ4n) is 5.23. The van der Waals surface area contributed by atoms with E-state index in [1.54, 1.807) is 62.6 Å². The van der Waals surface area contributed by atoms with Gasteiger partial charge in [-0.3, -0.25) is 24.3 Å². The molecule has 194 valence electrons. The maximum absolute atomic E-state index is 13.4. The number of aromatic nitrogens is 1. The Balaban J connectivity index is 1.55. The standard InChI is InChI=1S/C31H30N2O5/c1-19(2)38-26(34)16-20-9-13-25(14-10-20)33-28(24-8-5-15-32-18-24)27(30(36)31(33)37)29(35)23-12-11-21-6-3-4-7-22(21)17-23/h5,8-15,17-19,28,35H,3-4,6-7,16H2,1-2H3/b29-27-. The van der Waals surface area contributed by atoms with Crippen molar-refractivity contribution in [2.45, 2.75) is 58.1 Å². The Morgan fingerprint density at radius 3 is 2.47 bits per heavy atom. The molecule has 1 amide bonds. The number of aliphatic hydroxyl groups is 1. The summed E-state index contributed by atoms with van der Waals surface area (Å²) in [5.74, 6) is -2.02. The SMILES string of the molecule is CC(C)OC(=O)Cc1ccc(N2C(=O)C(=O)/C(=C(\O)c3ccc4c(c3)CCCC4)C2c2cccnc2)cc1. The summed E-state index contributed by atoms with van der Waals surface area (Å²) in [4.78, 5) is 44.4. The lowest BCUT2D eigenvalue weighted by Crippen LogP contribution is -2.29. The van der Waals surface area contributed by atoms with Crippen LogP contribution >= 0.6 is 0 Å². The third-order valence-corrected chi connectivity index (χ3v) is 7.00. The van der Waals surface area contributed by atoms with Gasteiger partial charge in [-0.15, -0.1) is 0 Å². The molecule has 1 saturated heterocycles. The van der Waals surface area contributed by atoms with E-state index < -0.39 is 17.7 Å². The van der Waals surface area contributed by atoms with Crippen molar-refractivity contribution < 1.29 is 24.2 Å². The van der Waals surface area contributed by atoms with Crippen LogP contribution in [0.15, 0.2) is 72.6 Å². The molecule has 1 aromatic heterocycles. The fourth-order valence-corrected chi connectivity index (χ4v) is 5.23. The third-order valence-electron chi connectivity index (χ3n) is 7.00. The monoisotopic (exact) mass is 510 g/mol. The first-order valence-corrected chi connectivity index (χ1v) is 12.9. The van der Waals surface area contributed by atoms with E-state index in [2.05, 4.69) is 4.98 Å². The smallest absolute Gasteiger partial charge is 0.310 e. The molecule has 1 N–H and O–H groups in total. The van der Waals surface area contributed by atoms with Crippen LogP contribution in [0.3, 0.4) is 0 Å². The number of carbonyl (C=O) groups excluding carboxylic acids is 3. The van der Waals surface area contributed by atoms with E-state index in [1.807, 2.05) is 18.2 Å². The number of benzene rings is 2. The molecule has 7 nitrogen and oxygen atoms in total. The van der Waals surface area contributed by atoms with Crippen LogP contribution < -0.4 is 4.90 Å². The average molecular weight is 511 g/mol. The molecule has 0 spiro atoms. The van der Waals surface area contributed by atoms with Gasteiger partial charge in [0.15, 0.2) is 0 Å². The van der Waals surface area contributed by atoms with E-state index in [1.165, 1.54) is 16.0 Å². The van der Waals surface area contributed by atoms with Crippen molar-refractivity contribution in [3.05, 3.63) is 100 Å². The van der Waals surface area contributed by atoms with Crippen molar-refractivity contribution in [2.75, 3.05) is 4.90 Å². The molecular formula is C31H30N2O5. The molecule has 1 atom stereocenters. The van der Waals surface area contributed by atoms with Crippen LogP contribution in [-0.4, -0.2) is 33.9 Å². The van der Waals surface area contributed by atoms with Crippen LogP contribution in [0.25, 0.3) is 5.76 Å². The van der Waals surface area contributed by atoms with Gasteiger partial charge in [0.25, 0.3) is 11.7 Å². The van der Waals surface area contributed by atoms with Gasteiger partial charge in [-0.05, 0) is 86.1 Å². The Morgan fingerprint density at radius 1 is 1.05 bits per heavy atom. The number of esters is 1. The number of aryl methyl sites for hydroxylation is 2. The predicted octanol–water partition coefficient (Wildman–Crippen LogP) is 5.08.